The number of para-hydroxylation sites is 1. The Bertz CT molecular complexity index is 578. The number of carbonyl (C=O) groups is 1. The van der Waals surface area contributed by atoms with Gasteiger partial charge in [-0.2, -0.15) is 0 Å². The van der Waals surface area contributed by atoms with Crippen LogP contribution in [0.5, 0.6) is 0 Å². The summed E-state index contributed by atoms with van der Waals surface area (Å²) < 4.78 is 5.45. The first-order chi connectivity index (χ1) is 9.69. The molecule has 5 nitrogen and oxygen atoms in total. The number of anilines is 1. The minimum atomic E-state index is -0.0819. The summed E-state index contributed by atoms with van der Waals surface area (Å²) >= 11 is 0. The first kappa shape index (κ1) is 14.3. The van der Waals surface area contributed by atoms with Crippen molar-refractivity contribution in [3.63, 3.8) is 0 Å². The van der Waals surface area contributed by atoms with Gasteiger partial charge in [0.1, 0.15) is 5.76 Å². The van der Waals surface area contributed by atoms with Crippen LogP contribution in [0, 0.1) is 6.92 Å². The highest BCUT2D eigenvalue weighted by atomic mass is 16.4. The van der Waals surface area contributed by atoms with Crippen LogP contribution in [0.2, 0.25) is 0 Å². The number of nitrogens with zero attached hydrogens (tertiary/aromatic N) is 1. The van der Waals surface area contributed by atoms with Crippen LogP contribution in [0.15, 0.2) is 34.9 Å². The number of aryl methyl sites for hydroxylation is 2. The highest BCUT2D eigenvalue weighted by Crippen LogP contribution is 2.12. The second-order valence-corrected chi connectivity index (χ2v) is 4.54. The molecule has 106 valence electrons. The van der Waals surface area contributed by atoms with Gasteiger partial charge in [0, 0.05) is 12.1 Å². The van der Waals surface area contributed by atoms with E-state index in [0.29, 0.717) is 12.4 Å². The summed E-state index contributed by atoms with van der Waals surface area (Å²) in [6.45, 7) is 4.63. The van der Waals surface area contributed by atoms with Gasteiger partial charge in [0.05, 0.1) is 19.3 Å². The number of oxazole rings is 1. The fourth-order valence-corrected chi connectivity index (χ4v) is 1.78. The third-order valence-corrected chi connectivity index (χ3v) is 2.93. The Labute approximate surface area is 118 Å². The fourth-order valence-electron chi connectivity index (χ4n) is 1.78. The Morgan fingerprint density at radius 3 is 2.85 bits per heavy atom. The summed E-state index contributed by atoms with van der Waals surface area (Å²) in [6.07, 6.45) is 2.53. The van der Waals surface area contributed by atoms with Crippen LogP contribution in [0.4, 0.5) is 5.69 Å². The van der Waals surface area contributed by atoms with Gasteiger partial charge in [0.25, 0.3) is 0 Å². The Morgan fingerprint density at radius 2 is 2.15 bits per heavy atom. The SMILES string of the molecule is CCc1cnc(CNCC(=O)Nc2ccccc2C)o1. The molecule has 5 heteroatoms. The van der Waals surface area contributed by atoms with Crippen LogP contribution in [-0.4, -0.2) is 17.4 Å². The maximum atomic E-state index is 11.8. The van der Waals surface area contributed by atoms with Crippen molar-refractivity contribution in [3.8, 4) is 0 Å². The Morgan fingerprint density at radius 1 is 1.35 bits per heavy atom. The number of hydrogen-bond donors (Lipinski definition) is 2. The zero-order chi connectivity index (χ0) is 14.4. The van der Waals surface area contributed by atoms with Gasteiger partial charge in [0.15, 0.2) is 0 Å². The highest BCUT2D eigenvalue weighted by Gasteiger charge is 2.06. The Hall–Kier alpha value is -2.14. The average molecular weight is 273 g/mol. The van der Waals surface area contributed by atoms with Crippen molar-refractivity contribution < 1.29 is 9.21 Å². The smallest absolute Gasteiger partial charge is 0.238 e. The molecule has 0 saturated heterocycles. The van der Waals surface area contributed by atoms with Crippen molar-refractivity contribution in [1.29, 1.82) is 0 Å². The molecule has 0 atom stereocenters. The van der Waals surface area contributed by atoms with Gasteiger partial charge in [-0.1, -0.05) is 25.1 Å². The van der Waals surface area contributed by atoms with Crippen molar-refractivity contribution in [2.75, 3.05) is 11.9 Å². The molecular weight excluding hydrogens is 254 g/mol. The minimum absolute atomic E-state index is 0.0819. The summed E-state index contributed by atoms with van der Waals surface area (Å²) in [5.41, 5.74) is 1.88. The van der Waals surface area contributed by atoms with E-state index in [1.54, 1.807) is 6.20 Å². The van der Waals surface area contributed by atoms with Gasteiger partial charge >= 0.3 is 0 Å². The van der Waals surface area contributed by atoms with Crippen LogP contribution in [-0.2, 0) is 17.8 Å². The van der Waals surface area contributed by atoms with Crippen molar-refractivity contribution in [2.24, 2.45) is 0 Å². The number of aromatic nitrogens is 1. The second-order valence-electron chi connectivity index (χ2n) is 4.54. The van der Waals surface area contributed by atoms with Crippen molar-refractivity contribution >= 4 is 11.6 Å². The van der Waals surface area contributed by atoms with Crippen LogP contribution in [0.25, 0.3) is 0 Å². The van der Waals surface area contributed by atoms with Gasteiger partial charge in [-0.3, -0.25) is 10.1 Å². The van der Waals surface area contributed by atoms with E-state index in [-0.39, 0.29) is 12.5 Å². The second kappa shape index (κ2) is 6.86. The van der Waals surface area contributed by atoms with Gasteiger partial charge in [-0.05, 0) is 18.6 Å². The standard InChI is InChI=1S/C15H19N3O2/c1-3-12-8-17-15(20-12)10-16-9-14(19)18-13-7-5-4-6-11(13)2/h4-8,16H,3,9-10H2,1-2H3,(H,18,19). The highest BCUT2D eigenvalue weighted by molar-refractivity contribution is 5.92. The molecule has 0 unspecified atom stereocenters. The number of amides is 1. The molecule has 0 radical (unpaired) electrons. The van der Waals surface area contributed by atoms with E-state index in [4.69, 9.17) is 4.42 Å². The van der Waals surface area contributed by atoms with Crippen molar-refractivity contribution in [3.05, 3.63) is 47.7 Å². The topological polar surface area (TPSA) is 67.2 Å². The summed E-state index contributed by atoms with van der Waals surface area (Å²) in [4.78, 5) is 15.9. The molecule has 0 spiro atoms. The third kappa shape index (κ3) is 3.93. The maximum absolute atomic E-state index is 11.8. The lowest BCUT2D eigenvalue weighted by Gasteiger charge is -2.08. The molecule has 2 rings (SSSR count). The molecule has 0 saturated carbocycles. The molecule has 0 fully saturated rings. The van der Waals surface area contributed by atoms with E-state index in [1.807, 2.05) is 38.1 Å². The number of hydrogen-bond acceptors (Lipinski definition) is 4. The molecule has 0 aliphatic rings. The monoisotopic (exact) mass is 273 g/mol. The van der Waals surface area contributed by atoms with Crippen LogP contribution in [0.1, 0.15) is 24.1 Å². The van der Waals surface area contributed by atoms with E-state index in [2.05, 4.69) is 15.6 Å². The molecule has 0 bridgehead atoms. The van der Waals surface area contributed by atoms with Crippen molar-refractivity contribution in [1.82, 2.24) is 10.3 Å². The van der Waals surface area contributed by atoms with Gasteiger partial charge < -0.3 is 9.73 Å². The van der Waals surface area contributed by atoms with E-state index in [1.165, 1.54) is 0 Å². The summed E-state index contributed by atoms with van der Waals surface area (Å²) in [7, 11) is 0. The van der Waals surface area contributed by atoms with Gasteiger partial charge in [-0.25, -0.2) is 4.98 Å². The lowest BCUT2D eigenvalue weighted by atomic mass is 10.2. The number of nitrogens with one attached hydrogen (secondary N) is 2. The molecule has 1 amide bonds. The lowest BCUT2D eigenvalue weighted by molar-refractivity contribution is -0.115. The van der Waals surface area contributed by atoms with E-state index in [9.17, 15) is 4.79 Å². The first-order valence-electron chi connectivity index (χ1n) is 6.69. The number of benzene rings is 1. The molecular formula is C15H19N3O2. The molecule has 1 aromatic carbocycles. The fraction of sp³-hybridized carbons (Fsp3) is 0.333. The average Bonchev–Trinajstić information content (AvgIpc) is 2.89. The summed E-state index contributed by atoms with van der Waals surface area (Å²) in [5, 5.41) is 5.87. The summed E-state index contributed by atoms with van der Waals surface area (Å²) in [5.74, 6) is 1.37. The molecule has 1 heterocycles. The zero-order valence-electron chi connectivity index (χ0n) is 11.8. The number of rotatable bonds is 6. The maximum Gasteiger partial charge on any atom is 0.238 e. The predicted octanol–water partition coefficient (Wildman–Crippen LogP) is 2.27. The van der Waals surface area contributed by atoms with Crippen molar-refractivity contribution in [2.45, 2.75) is 26.8 Å². The first-order valence-corrected chi connectivity index (χ1v) is 6.69. The van der Waals surface area contributed by atoms with Crippen LogP contribution in [0.3, 0.4) is 0 Å². The lowest BCUT2D eigenvalue weighted by Crippen LogP contribution is -2.28. The van der Waals surface area contributed by atoms with E-state index < -0.39 is 0 Å². The zero-order valence-corrected chi connectivity index (χ0v) is 11.8. The Kier molecular flexibility index (Phi) is 4.90. The normalized spacial score (nSPS) is 10.5. The van der Waals surface area contributed by atoms with Gasteiger partial charge in [0.2, 0.25) is 11.8 Å². The van der Waals surface area contributed by atoms with Gasteiger partial charge in [-0.15, -0.1) is 0 Å². The minimum Gasteiger partial charge on any atom is -0.444 e. The summed E-state index contributed by atoms with van der Waals surface area (Å²) in [6, 6.07) is 7.68. The molecule has 1 aromatic heterocycles. The predicted molar refractivity (Wildman–Crippen MR) is 77.4 cm³/mol. The molecule has 2 aromatic rings. The largest absolute Gasteiger partial charge is 0.444 e. The molecule has 0 aliphatic carbocycles. The Balaban J connectivity index is 1.77. The molecule has 2 N–H and O–H groups in total. The third-order valence-electron chi connectivity index (χ3n) is 2.93. The van der Waals surface area contributed by atoms with Crippen LogP contribution >= 0.6 is 0 Å². The van der Waals surface area contributed by atoms with E-state index >= 15 is 0 Å². The molecule has 0 aliphatic heterocycles. The molecule has 20 heavy (non-hydrogen) atoms. The van der Waals surface area contributed by atoms with Crippen LogP contribution < -0.4 is 10.6 Å². The quantitative estimate of drug-likeness (QED) is 0.847. The number of carbonyl (C=O) groups excluding carboxylic acids is 1. The van der Waals surface area contributed by atoms with E-state index in [0.717, 1.165) is 23.4 Å².